The summed E-state index contributed by atoms with van der Waals surface area (Å²) in [5.74, 6) is -0.943. The van der Waals surface area contributed by atoms with Crippen molar-refractivity contribution in [2.75, 3.05) is 6.54 Å². The Kier molecular flexibility index (Phi) is 3.72. The summed E-state index contributed by atoms with van der Waals surface area (Å²) in [5.41, 5.74) is 1.85. The van der Waals surface area contributed by atoms with Gasteiger partial charge in [0.25, 0.3) is 0 Å². The van der Waals surface area contributed by atoms with Crippen LogP contribution < -0.4 is 5.32 Å². The van der Waals surface area contributed by atoms with Crippen molar-refractivity contribution in [3.8, 4) is 0 Å². The first-order valence-corrected chi connectivity index (χ1v) is 7.60. The van der Waals surface area contributed by atoms with E-state index >= 15 is 0 Å². The third-order valence-electron chi connectivity index (χ3n) is 4.43. The molecule has 2 N–H and O–H groups in total. The standard InChI is InChI=1S/C17H21NO3/c1-2-7-17(8-9-17)11-18-10-13-12-5-3-4-6-14(12)21-15(13)16(19)20/h3-6,18H,2,7-11H2,1H3,(H,19,20). The Balaban J connectivity index is 1.76. The molecule has 0 spiro atoms. The SMILES string of the molecule is CCCC1(CNCc2c(C(=O)O)oc3ccccc23)CC1. The van der Waals surface area contributed by atoms with E-state index in [-0.39, 0.29) is 5.76 Å². The highest BCUT2D eigenvalue weighted by molar-refractivity contribution is 5.95. The van der Waals surface area contributed by atoms with Gasteiger partial charge in [0.05, 0.1) is 0 Å². The van der Waals surface area contributed by atoms with Gasteiger partial charge < -0.3 is 14.8 Å². The van der Waals surface area contributed by atoms with Crippen LogP contribution in [0.5, 0.6) is 0 Å². The normalized spacial score (nSPS) is 16.2. The van der Waals surface area contributed by atoms with Gasteiger partial charge in [0.1, 0.15) is 5.58 Å². The van der Waals surface area contributed by atoms with Crippen LogP contribution in [0.1, 0.15) is 48.7 Å². The van der Waals surface area contributed by atoms with E-state index < -0.39 is 5.97 Å². The number of fused-ring (bicyclic) bond motifs is 1. The molecule has 1 fully saturated rings. The fraction of sp³-hybridized carbons (Fsp3) is 0.471. The van der Waals surface area contributed by atoms with Gasteiger partial charge in [-0.05, 0) is 30.7 Å². The summed E-state index contributed by atoms with van der Waals surface area (Å²) in [4.78, 5) is 11.3. The Morgan fingerprint density at radius 3 is 2.81 bits per heavy atom. The lowest BCUT2D eigenvalue weighted by Crippen LogP contribution is -2.24. The summed E-state index contributed by atoms with van der Waals surface area (Å²) in [5, 5.41) is 13.6. The van der Waals surface area contributed by atoms with Crippen LogP contribution in [0.4, 0.5) is 0 Å². The summed E-state index contributed by atoms with van der Waals surface area (Å²) < 4.78 is 5.47. The molecule has 1 heterocycles. The van der Waals surface area contributed by atoms with E-state index in [4.69, 9.17) is 4.42 Å². The van der Waals surface area contributed by atoms with Crippen molar-refractivity contribution in [3.63, 3.8) is 0 Å². The van der Waals surface area contributed by atoms with Gasteiger partial charge in [-0.3, -0.25) is 0 Å². The van der Waals surface area contributed by atoms with Crippen molar-refractivity contribution in [1.82, 2.24) is 5.32 Å². The number of carboxylic acid groups (broad SMARTS) is 1. The second-order valence-electron chi connectivity index (χ2n) is 6.06. The molecule has 2 aromatic rings. The first-order chi connectivity index (χ1) is 10.2. The minimum atomic E-state index is -1.00. The summed E-state index contributed by atoms with van der Waals surface area (Å²) in [6.45, 7) is 3.72. The smallest absolute Gasteiger partial charge is 0.372 e. The molecule has 21 heavy (non-hydrogen) atoms. The summed E-state index contributed by atoms with van der Waals surface area (Å²) in [6, 6.07) is 7.49. The number of furan rings is 1. The lowest BCUT2D eigenvalue weighted by atomic mass is 10.0. The van der Waals surface area contributed by atoms with Crippen molar-refractivity contribution in [2.45, 2.75) is 39.2 Å². The lowest BCUT2D eigenvalue weighted by molar-refractivity contribution is 0.0663. The highest BCUT2D eigenvalue weighted by atomic mass is 16.4. The van der Waals surface area contributed by atoms with Crippen molar-refractivity contribution in [2.24, 2.45) is 5.41 Å². The predicted octanol–water partition coefficient (Wildman–Crippen LogP) is 3.80. The van der Waals surface area contributed by atoms with E-state index in [1.165, 1.54) is 25.7 Å². The van der Waals surface area contributed by atoms with E-state index in [0.717, 1.165) is 17.5 Å². The quantitative estimate of drug-likeness (QED) is 0.813. The topological polar surface area (TPSA) is 62.5 Å². The number of benzene rings is 1. The largest absolute Gasteiger partial charge is 0.475 e. The highest BCUT2D eigenvalue weighted by Gasteiger charge is 2.40. The molecule has 112 valence electrons. The molecule has 0 atom stereocenters. The summed E-state index contributed by atoms with van der Waals surface area (Å²) in [6.07, 6.45) is 5.02. The van der Waals surface area contributed by atoms with E-state index in [1.807, 2.05) is 24.3 Å². The average molecular weight is 287 g/mol. The average Bonchev–Trinajstić information content (AvgIpc) is 3.12. The Labute approximate surface area is 124 Å². The van der Waals surface area contributed by atoms with Gasteiger partial charge in [-0.2, -0.15) is 0 Å². The first kappa shape index (κ1) is 14.1. The molecule has 1 aromatic carbocycles. The van der Waals surface area contributed by atoms with Crippen LogP contribution in [-0.2, 0) is 6.54 Å². The molecule has 0 aliphatic heterocycles. The molecule has 0 radical (unpaired) electrons. The van der Waals surface area contributed by atoms with Gasteiger partial charge in [0, 0.05) is 24.0 Å². The molecular formula is C17H21NO3. The van der Waals surface area contributed by atoms with E-state index in [9.17, 15) is 9.90 Å². The third kappa shape index (κ3) is 2.81. The second kappa shape index (κ2) is 5.53. The molecule has 1 saturated carbocycles. The van der Waals surface area contributed by atoms with E-state index in [2.05, 4.69) is 12.2 Å². The predicted molar refractivity (Wildman–Crippen MR) is 81.5 cm³/mol. The zero-order valence-corrected chi connectivity index (χ0v) is 12.3. The number of hydrogen-bond donors (Lipinski definition) is 2. The van der Waals surface area contributed by atoms with Gasteiger partial charge in [0.2, 0.25) is 5.76 Å². The summed E-state index contributed by atoms with van der Waals surface area (Å²) >= 11 is 0. The van der Waals surface area contributed by atoms with Gasteiger partial charge in [0.15, 0.2) is 0 Å². The Morgan fingerprint density at radius 2 is 2.14 bits per heavy atom. The number of para-hydroxylation sites is 1. The molecule has 1 aliphatic rings. The molecule has 0 unspecified atom stereocenters. The van der Waals surface area contributed by atoms with Crippen LogP contribution in [0.3, 0.4) is 0 Å². The zero-order chi connectivity index (χ0) is 14.9. The number of hydrogen-bond acceptors (Lipinski definition) is 3. The maximum absolute atomic E-state index is 11.3. The minimum absolute atomic E-state index is 0.0593. The van der Waals surface area contributed by atoms with Crippen molar-refractivity contribution >= 4 is 16.9 Å². The second-order valence-corrected chi connectivity index (χ2v) is 6.06. The molecule has 3 rings (SSSR count). The Morgan fingerprint density at radius 1 is 1.38 bits per heavy atom. The van der Waals surface area contributed by atoms with Crippen molar-refractivity contribution < 1.29 is 14.3 Å². The lowest BCUT2D eigenvalue weighted by Gasteiger charge is -2.14. The zero-order valence-electron chi connectivity index (χ0n) is 12.3. The van der Waals surface area contributed by atoms with Gasteiger partial charge in [-0.25, -0.2) is 4.79 Å². The number of nitrogens with one attached hydrogen (secondary N) is 1. The number of aromatic carboxylic acids is 1. The third-order valence-corrected chi connectivity index (χ3v) is 4.43. The van der Waals surface area contributed by atoms with Crippen LogP contribution in [-0.4, -0.2) is 17.6 Å². The van der Waals surface area contributed by atoms with Crippen molar-refractivity contribution in [3.05, 3.63) is 35.6 Å². The molecule has 1 aliphatic carbocycles. The molecule has 0 saturated heterocycles. The molecular weight excluding hydrogens is 266 g/mol. The van der Waals surface area contributed by atoms with Gasteiger partial charge in [-0.15, -0.1) is 0 Å². The number of carbonyl (C=O) groups is 1. The minimum Gasteiger partial charge on any atom is -0.475 e. The van der Waals surface area contributed by atoms with Gasteiger partial charge in [-0.1, -0.05) is 31.5 Å². The fourth-order valence-corrected chi connectivity index (χ4v) is 3.12. The molecule has 0 bridgehead atoms. The first-order valence-electron chi connectivity index (χ1n) is 7.60. The van der Waals surface area contributed by atoms with Crippen LogP contribution in [0.2, 0.25) is 0 Å². The molecule has 0 amide bonds. The van der Waals surface area contributed by atoms with Gasteiger partial charge >= 0.3 is 5.97 Å². The van der Waals surface area contributed by atoms with Crippen LogP contribution in [0, 0.1) is 5.41 Å². The maximum Gasteiger partial charge on any atom is 0.372 e. The van der Waals surface area contributed by atoms with Crippen molar-refractivity contribution in [1.29, 1.82) is 0 Å². The monoisotopic (exact) mass is 287 g/mol. The Hall–Kier alpha value is -1.81. The van der Waals surface area contributed by atoms with E-state index in [0.29, 0.717) is 17.5 Å². The van der Waals surface area contributed by atoms with Crippen LogP contribution >= 0.6 is 0 Å². The number of rotatable bonds is 7. The molecule has 1 aromatic heterocycles. The van der Waals surface area contributed by atoms with E-state index in [1.54, 1.807) is 0 Å². The number of carboxylic acids is 1. The Bertz CT molecular complexity index is 655. The fourth-order valence-electron chi connectivity index (χ4n) is 3.12. The highest BCUT2D eigenvalue weighted by Crippen LogP contribution is 2.49. The molecule has 4 heteroatoms. The summed E-state index contributed by atoms with van der Waals surface area (Å²) in [7, 11) is 0. The maximum atomic E-state index is 11.3. The molecule has 4 nitrogen and oxygen atoms in total. The van der Waals surface area contributed by atoms with Crippen LogP contribution in [0.25, 0.3) is 11.0 Å². The van der Waals surface area contributed by atoms with Crippen LogP contribution in [0.15, 0.2) is 28.7 Å².